The van der Waals surface area contributed by atoms with Gasteiger partial charge in [-0.25, -0.2) is 10.1 Å². The fourth-order valence-electron chi connectivity index (χ4n) is 1.09. The van der Waals surface area contributed by atoms with Crippen molar-refractivity contribution >= 4 is 7.75 Å². The average molecular weight is 237 g/mol. The van der Waals surface area contributed by atoms with E-state index in [9.17, 15) is 4.57 Å². The zero-order valence-electron chi connectivity index (χ0n) is 9.91. The minimum atomic E-state index is -3.27. The first kappa shape index (κ1) is 15.1. The predicted molar refractivity (Wildman–Crippen MR) is 62.7 cm³/mol. The molecule has 4 nitrogen and oxygen atoms in total. The van der Waals surface area contributed by atoms with Crippen molar-refractivity contribution in [2.45, 2.75) is 52.4 Å². The molecule has 5 heteroatoms. The van der Waals surface area contributed by atoms with Crippen molar-refractivity contribution in [3.05, 3.63) is 0 Å². The van der Waals surface area contributed by atoms with Crippen LogP contribution in [-0.2, 0) is 13.6 Å². The van der Waals surface area contributed by atoms with Gasteiger partial charge in [0.1, 0.15) is 0 Å². The first-order valence-corrected chi connectivity index (χ1v) is 7.41. The van der Waals surface area contributed by atoms with E-state index >= 15 is 0 Å². The second-order valence-corrected chi connectivity index (χ2v) is 5.22. The Morgan fingerprint density at radius 2 is 1.47 bits per heavy atom. The number of unbranched alkanes of at least 4 members (excludes halogenated alkanes) is 4. The Labute approximate surface area is 93.1 Å². The van der Waals surface area contributed by atoms with Crippen LogP contribution in [-0.4, -0.2) is 13.2 Å². The summed E-state index contributed by atoms with van der Waals surface area (Å²) in [5, 5.41) is 0. The monoisotopic (exact) mass is 237 g/mol. The highest BCUT2D eigenvalue weighted by Gasteiger charge is 2.16. The Balaban J connectivity index is 3.43. The molecule has 0 saturated carbocycles. The smallest absolute Gasteiger partial charge is 0.297 e. The number of hydrogen-bond donors (Lipinski definition) is 1. The van der Waals surface area contributed by atoms with Crippen molar-refractivity contribution in [1.82, 2.24) is 0 Å². The van der Waals surface area contributed by atoms with Gasteiger partial charge in [-0.1, -0.05) is 39.5 Å². The van der Waals surface area contributed by atoms with E-state index in [1.54, 1.807) is 0 Å². The highest BCUT2D eigenvalue weighted by atomic mass is 31.2. The molecule has 0 spiro atoms. The van der Waals surface area contributed by atoms with Crippen LogP contribution in [0.25, 0.3) is 0 Å². The summed E-state index contributed by atoms with van der Waals surface area (Å²) in [7, 11) is -3.27. The molecule has 15 heavy (non-hydrogen) atoms. The van der Waals surface area contributed by atoms with Gasteiger partial charge in [-0.15, -0.1) is 0 Å². The van der Waals surface area contributed by atoms with Gasteiger partial charge < -0.3 is 0 Å². The van der Waals surface area contributed by atoms with E-state index in [-0.39, 0.29) is 0 Å². The van der Waals surface area contributed by atoms with Gasteiger partial charge in [0.25, 0.3) is 0 Å². The Bertz CT molecular complexity index is 188. The van der Waals surface area contributed by atoms with E-state index in [1.165, 1.54) is 12.8 Å². The molecule has 0 heterocycles. The van der Waals surface area contributed by atoms with Crippen molar-refractivity contribution in [2.75, 3.05) is 13.2 Å². The summed E-state index contributed by atoms with van der Waals surface area (Å²) in [6.45, 7) is 5.03. The van der Waals surface area contributed by atoms with Gasteiger partial charge in [-0.2, -0.15) is 0 Å². The summed E-state index contributed by atoms with van der Waals surface area (Å²) < 4.78 is 21.5. The third-order valence-corrected chi connectivity index (χ3v) is 3.12. The first-order valence-electron chi connectivity index (χ1n) is 5.80. The quantitative estimate of drug-likeness (QED) is 0.467. The normalized spacial score (nSPS) is 15.1. The topological polar surface area (TPSA) is 61.5 Å². The van der Waals surface area contributed by atoms with Crippen LogP contribution in [0.5, 0.6) is 0 Å². The molecule has 0 fully saturated rings. The third-order valence-electron chi connectivity index (χ3n) is 2.04. The van der Waals surface area contributed by atoms with Crippen LogP contribution in [0.15, 0.2) is 0 Å². The fraction of sp³-hybridized carbons (Fsp3) is 1.00. The third kappa shape index (κ3) is 10.4. The maximum Gasteiger partial charge on any atom is 0.402 e. The molecule has 0 bridgehead atoms. The summed E-state index contributed by atoms with van der Waals surface area (Å²) >= 11 is 0. The van der Waals surface area contributed by atoms with E-state index in [0.29, 0.717) is 13.2 Å². The lowest BCUT2D eigenvalue weighted by molar-refractivity contribution is 0.199. The molecule has 1 atom stereocenters. The van der Waals surface area contributed by atoms with Crippen molar-refractivity contribution in [2.24, 2.45) is 5.50 Å². The molecule has 0 aliphatic rings. The summed E-state index contributed by atoms with van der Waals surface area (Å²) in [4.78, 5) is 0. The van der Waals surface area contributed by atoms with Crippen molar-refractivity contribution in [1.29, 1.82) is 0 Å². The molecule has 0 amide bonds. The van der Waals surface area contributed by atoms with Crippen molar-refractivity contribution in [3.63, 3.8) is 0 Å². The zero-order chi connectivity index (χ0) is 11.6. The highest BCUT2D eigenvalue weighted by molar-refractivity contribution is 7.51. The van der Waals surface area contributed by atoms with Crippen molar-refractivity contribution in [3.8, 4) is 0 Å². The average Bonchev–Trinajstić information content (AvgIpc) is 2.17. The lowest BCUT2D eigenvalue weighted by Gasteiger charge is -2.12. The summed E-state index contributed by atoms with van der Waals surface area (Å²) in [6.07, 6.45) is 6.19. The lowest BCUT2D eigenvalue weighted by atomic mass is 10.2. The van der Waals surface area contributed by atoms with Crippen LogP contribution in [0, 0.1) is 0 Å². The maximum absolute atomic E-state index is 11.5. The van der Waals surface area contributed by atoms with Crippen LogP contribution in [0.3, 0.4) is 0 Å². The summed E-state index contributed by atoms with van der Waals surface area (Å²) in [5.41, 5.74) is 5.38. The van der Waals surface area contributed by atoms with Crippen molar-refractivity contribution < 1.29 is 13.6 Å². The molecular weight excluding hydrogens is 213 g/mol. The number of rotatable bonds is 10. The largest absolute Gasteiger partial charge is 0.402 e. The molecular formula is C10H24NO3P. The molecule has 0 radical (unpaired) electrons. The molecule has 1 unspecified atom stereocenters. The Morgan fingerprint density at radius 1 is 0.933 bits per heavy atom. The van der Waals surface area contributed by atoms with Crippen LogP contribution in [0.4, 0.5) is 0 Å². The fourth-order valence-corrected chi connectivity index (χ4v) is 1.94. The minimum absolute atomic E-state index is 0.416. The van der Waals surface area contributed by atoms with E-state index < -0.39 is 7.75 Å². The van der Waals surface area contributed by atoms with Crippen LogP contribution in [0.1, 0.15) is 52.4 Å². The standard InChI is InChI=1S/C10H24NO3P/c1-3-5-7-8-10-14-15(11,12)13-9-6-4-2/h3-10H2,1-2H3,(H2,11,12). The number of nitrogens with two attached hydrogens (primary N) is 1. The molecule has 0 aromatic carbocycles. The summed E-state index contributed by atoms with van der Waals surface area (Å²) in [6, 6.07) is 0. The van der Waals surface area contributed by atoms with Crippen LogP contribution < -0.4 is 5.50 Å². The van der Waals surface area contributed by atoms with Gasteiger partial charge in [-0.3, -0.25) is 9.05 Å². The molecule has 0 aromatic heterocycles. The number of hydrogen-bond acceptors (Lipinski definition) is 3. The van der Waals surface area contributed by atoms with Gasteiger partial charge in [0, 0.05) is 0 Å². The molecule has 2 N–H and O–H groups in total. The Hall–Kier alpha value is 0.110. The van der Waals surface area contributed by atoms with Crippen LogP contribution in [0.2, 0.25) is 0 Å². The van der Waals surface area contributed by atoms with E-state index in [0.717, 1.165) is 25.7 Å². The second-order valence-electron chi connectivity index (χ2n) is 3.62. The maximum atomic E-state index is 11.5. The van der Waals surface area contributed by atoms with E-state index in [2.05, 4.69) is 6.92 Å². The minimum Gasteiger partial charge on any atom is -0.297 e. The van der Waals surface area contributed by atoms with Gasteiger partial charge in [-0.05, 0) is 12.8 Å². The van der Waals surface area contributed by atoms with E-state index in [1.807, 2.05) is 6.92 Å². The van der Waals surface area contributed by atoms with Gasteiger partial charge in [0.2, 0.25) is 0 Å². The predicted octanol–water partition coefficient (Wildman–Crippen LogP) is 3.47. The molecule has 92 valence electrons. The Kier molecular flexibility index (Phi) is 9.41. The van der Waals surface area contributed by atoms with E-state index in [4.69, 9.17) is 14.6 Å². The molecule has 0 aliphatic heterocycles. The molecule has 0 saturated heterocycles. The molecule has 0 rings (SSSR count). The first-order chi connectivity index (χ1) is 7.12. The summed E-state index contributed by atoms with van der Waals surface area (Å²) in [5.74, 6) is 0. The van der Waals surface area contributed by atoms with Gasteiger partial charge in [0.05, 0.1) is 13.2 Å². The van der Waals surface area contributed by atoms with Gasteiger partial charge >= 0.3 is 7.75 Å². The zero-order valence-corrected chi connectivity index (χ0v) is 10.8. The molecule has 0 aliphatic carbocycles. The second kappa shape index (κ2) is 9.34. The SMILES string of the molecule is CCCCCCOP(N)(=O)OCCCC. The molecule has 0 aromatic rings. The Morgan fingerprint density at radius 3 is 2.00 bits per heavy atom. The highest BCUT2D eigenvalue weighted by Crippen LogP contribution is 2.39. The van der Waals surface area contributed by atoms with Crippen LogP contribution >= 0.6 is 7.75 Å². The lowest BCUT2D eigenvalue weighted by Crippen LogP contribution is -2.06. The van der Waals surface area contributed by atoms with Gasteiger partial charge in [0.15, 0.2) is 0 Å².